The molecule has 1 aliphatic heterocycles. The van der Waals surface area contributed by atoms with Gasteiger partial charge in [-0.15, -0.1) is 0 Å². The second kappa shape index (κ2) is 9.92. The Hall–Kier alpha value is -4.93. The largest absolute Gasteiger partial charge is 0.497 e. The molecule has 1 atom stereocenters. The number of hydrogen-bond donors (Lipinski definition) is 3. The number of carboxylic acid groups (broad SMARTS) is 1. The van der Waals surface area contributed by atoms with Gasteiger partial charge in [0, 0.05) is 11.6 Å². The maximum absolute atomic E-state index is 15.0. The second-order valence-electron chi connectivity index (χ2n) is 11.0. The highest BCUT2D eigenvalue weighted by Crippen LogP contribution is 2.40. The second-order valence-corrected chi connectivity index (χ2v) is 11.0. The number of nitrogens with zero attached hydrogens (tertiary/aromatic N) is 1. The first kappa shape index (κ1) is 27.6. The van der Waals surface area contributed by atoms with Crippen LogP contribution in [0.3, 0.4) is 0 Å². The lowest BCUT2D eigenvalue weighted by Gasteiger charge is -2.31. The number of benzene rings is 2. The number of carbonyl (C=O) groups is 2. The number of methoxy groups -OCH3 is 1. The van der Waals surface area contributed by atoms with Crippen LogP contribution < -0.4 is 31.1 Å². The van der Waals surface area contributed by atoms with Crippen molar-refractivity contribution in [2.24, 2.45) is 5.41 Å². The number of nitrogens with one attached hydrogen (secondary N) is 2. The maximum atomic E-state index is 15.0. The highest BCUT2D eigenvalue weighted by atomic mass is 19.1. The first-order chi connectivity index (χ1) is 19.3. The van der Waals surface area contributed by atoms with Crippen molar-refractivity contribution < 1.29 is 28.2 Å². The van der Waals surface area contributed by atoms with Gasteiger partial charge < -0.3 is 29.8 Å². The third-order valence-corrected chi connectivity index (χ3v) is 7.13. The minimum Gasteiger partial charge on any atom is -0.497 e. The van der Waals surface area contributed by atoms with Crippen LogP contribution >= 0.6 is 0 Å². The molecule has 3 aromatic carbocycles. The van der Waals surface area contributed by atoms with E-state index in [1.165, 1.54) is 31.4 Å². The quantitative estimate of drug-likeness (QED) is 0.250. The van der Waals surface area contributed by atoms with E-state index in [2.05, 4.69) is 10.6 Å². The standard InChI is InChI=1S/C30H28FN3O7/c1-14-6-11-21(41-14)27(30(2,3)4)33-24-23(25(35)26(24)36)32-19-10-9-18(31)17-13-34(28(37)22(17)19)20-12-15(40-5)7-8-16(20)29(38)39/h6-12,27,32-33H,13H2,1-5H3,(H,38,39)/t27-/m0/s1. The molecule has 0 bridgehead atoms. The first-order valence-corrected chi connectivity index (χ1v) is 12.8. The van der Waals surface area contributed by atoms with Gasteiger partial charge in [0.15, 0.2) is 0 Å². The molecule has 5 rings (SSSR count). The first-order valence-electron chi connectivity index (χ1n) is 12.8. The molecule has 41 heavy (non-hydrogen) atoms. The van der Waals surface area contributed by atoms with Gasteiger partial charge in [-0.2, -0.15) is 0 Å². The average molecular weight is 562 g/mol. The smallest absolute Gasteiger partial charge is 0.337 e. The van der Waals surface area contributed by atoms with Crippen LogP contribution in [-0.4, -0.2) is 24.1 Å². The molecule has 212 valence electrons. The van der Waals surface area contributed by atoms with E-state index < -0.39 is 40.0 Å². The zero-order valence-electron chi connectivity index (χ0n) is 23.0. The number of aromatic carboxylic acids is 1. The van der Waals surface area contributed by atoms with E-state index in [4.69, 9.17) is 9.15 Å². The molecule has 0 saturated carbocycles. The van der Waals surface area contributed by atoms with Crippen molar-refractivity contribution in [3.63, 3.8) is 0 Å². The van der Waals surface area contributed by atoms with Crippen molar-refractivity contribution in [1.82, 2.24) is 0 Å². The predicted octanol–water partition coefficient (Wildman–Crippen LogP) is 5.13. The molecule has 3 N–H and O–H groups in total. The predicted molar refractivity (Wildman–Crippen MR) is 151 cm³/mol. The Morgan fingerprint density at radius 1 is 1.07 bits per heavy atom. The van der Waals surface area contributed by atoms with Crippen molar-refractivity contribution in [2.75, 3.05) is 22.6 Å². The summed E-state index contributed by atoms with van der Waals surface area (Å²) < 4.78 is 26.0. The third-order valence-electron chi connectivity index (χ3n) is 7.13. The van der Waals surface area contributed by atoms with Gasteiger partial charge in [0.2, 0.25) is 0 Å². The van der Waals surface area contributed by atoms with Crippen molar-refractivity contribution >= 4 is 34.6 Å². The van der Waals surface area contributed by atoms with Crippen LogP contribution in [0.1, 0.15) is 64.6 Å². The molecular weight excluding hydrogens is 533 g/mol. The number of rotatable bonds is 8. The van der Waals surface area contributed by atoms with E-state index in [-0.39, 0.29) is 46.0 Å². The highest BCUT2D eigenvalue weighted by molar-refractivity contribution is 6.16. The fraction of sp³-hybridized carbons (Fsp3) is 0.267. The van der Waals surface area contributed by atoms with Gasteiger partial charge in [-0.05, 0) is 48.7 Å². The van der Waals surface area contributed by atoms with Crippen LogP contribution in [0, 0.1) is 18.2 Å². The molecule has 11 heteroatoms. The Kier molecular flexibility index (Phi) is 6.68. The summed E-state index contributed by atoms with van der Waals surface area (Å²) in [6.45, 7) is 7.40. The van der Waals surface area contributed by atoms with Gasteiger partial charge in [0.05, 0.1) is 42.2 Å². The number of amides is 1. The van der Waals surface area contributed by atoms with Gasteiger partial charge >= 0.3 is 5.97 Å². The summed E-state index contributed by atoms with van der Waals surface area (Å²) in [5, 5.41) is 15.7. The van der Waals surface area contributed by atoms with Crippen LogP contribution in [-0.2, 0) is 6.54 Å². The van der Waals surface area contributed by atoms with Crippen LogP contribution in [0.2, 0.25) is 0 Å². The number of carbonyl (C=O) groups excluding carboxylic acids is 1. The Balaban J connectivity index is 1.52. The van der Waals surface area contributed by atoms with Crippen LogP contribution in [0.25, 0.3) is 0 Å². The summed E-state index contributed by atoms with van der Waals surface area (Å²) in [5.74, 6) is -1.05. The molecule has 4 aromatic rings. The van der Waals surface area contributed by atoms with Crippen molar-refractivity contribution in [2.45, 2.75) is 40.3 Å². The monoisotopic (exact) mass is 561 g/mol. The lowest BCUT2D eigenvalue weighted by atomic mass is 9.85. The summed E-state index contributed by atoms with van der Waals surface area (Å²) in [5.41, 5.74) is -2.10. The third kappa shape index (κ3) is 4.73. The lowest BCUT2D eigenvalue weighted by molar-refractivity contribution is 0.0697. The Bertz CT molecular complexity index is 1780. The zero-order valence-corrected chi connectivity index (χ0v) is 23.0. The van der Waals surface area contributed by atoms with Crippen LogP contribution in [0.15, 0.2) is 56.5 Å². The molecule has 1 aliphatic rings. The lowest BCUT2D eigenvalue weighted by Crippen LogP contribution is -2.39. The number of hydrogen-bond acceptors (Lipinski definition) is 8. The molecule has 1 aromatic heterocycles. The van der Waals surface area contributed by atoms with E-state index in [0.29, 0.717) is 17.3 Å². The van der Waals surface area contributed by atoms with E-state index in [1.807, 2.05) is 20.8 Å². The SMILES string of the molecule is COc1ccc(C(=O)O)c(N2Cc3c(F)ccc(Nc4c(N[C@@H](c5ccc(C)o5)C(C)(C)C)c(=O)c4=O)c3C2=O)c1. The number of carboxylic acids is 1. The number of aryl methyl sites for hydroxylation is 1. The molecule has 2 heterocycles. The fourth-order valence-electron chi connectivity index (χ4n) is 4.98. The van der Waals surface area contributed by atoms with Crippen molar-refractivity contribution in [1.29, 1.82) is 0 Å². The van der Waals surface area contributed by atoms with E-state index in [9.17, 15) is 28.7 Å². The number of fused-ring (bicyclic) bond motifs is 1. The van der Waals surface area contributed by atoms with Gasteiger partial charge in [-0.25, -0.2) is 9.18 Å². The molecule has 10 nitrogen and oxygen atoms in total. The van der Waals surface area contributed by atoms with E-state index in [0.717, 1.165) is 11.0 Å². The highest BCUT2D eigenvalue weighted by Gasteiger charge is 2.37. The van der Waals surface area contributed by atoms with Gasteiger partial charge in [-0.3, -0.25) is 14.4 Å². The van der Waals surface area contributed by atoms with E-state index in [1.54, 1.807) is 19.1 Å². The Morgan fingerprint density at radius 2 is 1.78 bits per heavy atom. The van der Waals surface area contributed by atoms with Gasteiger partial charge in [0.1, 0.15) is 34.5 Å². The molecule has 0 fully saturated rings. The maximum Gasteiger partial charge on any atom is 0.337 e. The summed E-state index contributed by atoms with van der Waals surface area (Å²) in [6.07, 6.45) is 0. The van der Waals surface area contributed by atoms with Crippen molar-refractivity contribution in [3.05, 3.63) is 96.9 Å². The van der Waals surface area contributed by atoms with Crippen LogP contribution in [0.5, 0.6) is 5.75 Å². The summed E-state index contributed by atoms with van der Waals surface area (Å²) in [7, 11) is 1.40. The van der Waals surface area contributed by atoms with Gasteiger partial charge in [0.25, 0.3) is 16.8 Å². The normalized spacial score (nSPS) is 13.8. The summed E-state index contributed by atoms with van der Waals surface area (Å²) in [6, 6.07) is 9.70. The molecule has 0 saturated heterocycles. The van der Waals surface area contributed by atoms with Crippen LogP contribution in [0.4, 0.5) is 27.1 Å². The average Bonchev–Trinajstić information content (AvgIpc) is 3.51. The summed E-state index contributed by atoms with van der Waals surface area (Å²) in [4.78, 5) is 52.0. The Morgan fingerprint density at radius 3 is 2.39 bits per heavy atom. The molecule has 0 spiro atoms. The fourth-order valence-corrected chi connectivity index (χ4v) is 4.98. The molecule has 0 aliphatic carbocycles. The zero-order chi connectivity index (χ0) is 29.8. The molecular formula is C30H28FN3O7. The number of furan rings is 1. The van der Waals surface area contributed by atoms with Gasteiger partial charge in [-0.1, -0.05) is 20.8 Å². The topological polar surface area (TPSA) is 138 Å². The number of halogens is 1. The minimum absolute atomic E-state index is 0.0188. The number of ether oxygens (including phenoxy) is 1. The Labute approximate surface area is 234 Å². The van der Waals surface area contributed by atoms with Crippen molar-refractivity contribution in [3.8, 4) is 5.75 Å². The molecule has 0 radical (unpaired) electrons. The number of anilines is 4. The minimum atomic E-state index is -1.27. The summed E-state index contributed by atoms with van der Waals surface area (Å²) >= 11 is 0. The molecule has 0 unspecified atom stereocenters. The van der Waals surface area contributed by atoms with E-state index >= 15 is 0 Å². The molecule has 1 amide bonds.